The maximum absolute atomic E-state index is 9.63. The van der Waals surface area contributed by atoms with Crippen molar-refractivity contribution in [3.63, 3.8) is 0 Å². The van der Waals surface area contributed by atoms with Crippen molar-refractivity contribution in [2.75, 3.05) is 7.05 Å². The normalized spacial score (nSPS) is 32.1. The number of hydrogen-bond acceptors (Lipinski definition) is 3. The van der Waals surface area contributed by atoms with Gasteiger partial charge in [0.2, 0.25) is 0 Å². The highest BCUT2D eigenvalue weighted by molar-refractivity contribution is 5.15. The molecule has 2 bridgehead atoms. The molecule has 2 saturated heterocycles. The van der Waals surface area contributed by atoms with E-state index in [1.54, 1.807) is 7.05 Å². The zero-order valence-corrected chi connectivity index (χ0v) is 11.0. The molecule has 98 valence electrons. The Morgan fingerprint density at radius 1 is 1.17 bits per heavy atom. The van der Waals surface area contributed by atoms with E-state index >= 15 is 0 Å². The predicted octanol–water partition coefficient (Wildman–Crippen LogP) is 2.50. The summed E-state index contributed by atoms with van der Waals surface area (Å²) < 4.78 is 0. The highest BCUT2D eigenvalue weighted by Gasteiger charge is 2.41. The fourth-order valence-corrected chi connectivity index (χ4v) is 3.60. The van der Waals surface area contributed by atoms with E-state index in [4.69, 9.17) is 0 Å². The van der Waals surface area contributed by atoms with Crippen molar-refractivity contribution >= 4 is 0 Å². The summed E-state index contributed by atoms with van der Waals surface area (Å²) >= 11 is 0. The van der Waals surface area contributed by atoms with E-state index in [-0.39, 0.29) is 0 Å². The molecule has 2 heterocycles. The lowest BCUT2D eigenvalue weighted by Gasteiger charge is -2.40. The fourth-order valence-electron chi connectivity index (χ4n) is 3.60. The van der Waals surface area contributed by atoms with E-state index in [2.05, 4.69) is 35.2 Å². The first-order chi connectivity index (χ1) is 8.74. The molecule has 18 heavy (non-hydrogen) atoms. The molecule has 2 atom stereocenters. The first-order valence-corrected chi connectivity index (χ1v) is 6.95. The molecule has 3 rings (SSSR count). The Kier molecular flexibility index (Phi) is 3.37. The minimum Gasteiger partial charge on any atom is -0.314 e. The Hall–Kier alpha value is -0.900. The molecule has 0 aliphatic carbocycles. The second-order valence-corrected chi connectivity index (χ2v) is 5.74. The molecule has 2 unspecified atom stereocenters. The average Bonchev–Trinajstić information content (AvgIpc) is 2.62. The van der Waals surface area contributed by atoms with E-state index in [1.165, 1.54) is 23.5 Å². The van der Waals surface area contributed by atoms with Crippen molar-refractivity contribution in [1.29, 1.82) is 0 Å². The number of piperidine rings is 1. The molecule has 0 amide bonds. The van der Waals surface area contributed by atoms with Crippen LogP contribution in [0.15, 0.2) is 30.3 Å². The first kappa shape index (κ1) is 12.2. The summed E-state index contributed by atoms with van der Waals surface area (Å²) in [4.78, 5) is 2.65. The van der Waals surface area contributed by atoms with Gasteiger partial charge in [-0.05, 0) is 31.2 Å². The van der Waals surface area contributed by atoms with Crippen LogP contribution in [0.1, 0.15) is 31.2 Å². The van der Waals surface area contributed by atoms with Gasteiger partial charge in [-0.1, -0.05) is 30.3 Å². The van der Waals surface area contributed by atoms with Crippen molar-refractivity contribution in [3.05, 3.63) is 35.9 Å². The molecule has 0 aromatic heterocycles. The van der Waals surface area contributed by atoms with Crippen LogP contribution >= 0.6 is 0 Å². The summed E-state index contributed by atoms with van der Waals surface area (Å²) in [6, 6.07) is 12.4. The third kappa shape index (κ3) is 2.30. The molecular formula is C15H22N2O. The summed E-state index contributed by atoms with van der Waals surface area (Å²) in [5.74, 6) is 0. The van der Waals surface area contributed by atoms with Gasteiger partial charge in [0.15, 0.2) is 0 Å². The molecule has 3 nitrogen and oxygen atoms in total. The van der Waals surface area contributed by atoms with Gasteiger partial charge in [-0.2, -0.15) is 5.06 Å². The monoisotopic (exact) mass is 246 g/mol. The molecule has 3 heteroatoms. The number of nitrogens with zero attached hydrogens (tertiary/aromatic N) is 2. The summed E-state index contributed by atoms with van der Waals surface area (Å²) in [5, 5.41) is 11.1. The zero-order valence-electron chi connectivity index (χ0n) is 11.0. The SMILES string of the molecule is CN(O)C1CC2CCC(C1)N2Cc1ccccc1. The maximum atomic E-state index is 9.63. The van der Waals surface area contributed by atoms with Gasteiger partial charge < -0.3 is 5.21 Å². The average molecular weight is 246 g/mol. The third-order valence-electron chi connectivity index (χ3n) is 4.60. The Bertz CT molecular complexity index is 379. The van der Waals surface area contributed by atoms with Gasteiger partial charge in [0.25, 0.3) is 0 Å². The van der Waals surface area contributed by atoms with Crippen LogP contribution in [0.25, 0.3) is 0 Å². The smallest absolute Gasteiger partial charge is 0.0376 e. The zero-order chi connectivity index (χ0) is 12.5. The second-order valence-electron chi connectivity index (χ2n) is 5.74. The second kappa shape index (κ2) is 5.00. The lowest BCUT2D eigenvalue weighted by molar-refractivity contribution is -0.125. The van der Waals surface area contributed by atoms with E-state index in [1.807, 2.05) is 0 Å². The minimum atomic E-state index is 0.356. The molecule has 1 N–H and O–H groups in total. The molecule has 1 aromatic carbocycles. The molecule has 0 saturated carbocycles. The first-order valence-electron chi connectivity index (χ1n) is 6.95. The number of rotatable bonds is 3. The van der Waals surface area contributed by atoms with E-state index < -0.39 is 0 Å². The number of hydrogen-bond donors (Lipinski definition) is 1. The van der Waals surface area contributed by atoms with Gasteiger partial charge >= 0.3 is 0 Å². The molecule has 2 aliphatic rings. The minimum absolute atomic E-state index is 0.356. The molecule has 0 spiro atoms. The Balaban J connectivity index is 1.69. The highest BCUT2D eigenvalue weighted by atomic mass is 16.5. The summed E-state index contributed by atoms with van der Waals surface area (Å²) in [6.45, 7) is 1.07. The van der Waals surface area contributed by atoms with Crippen LogP contribution in [0.4, 0.5) is 0 Å². The molecule has 2 aliphatic heterocycles. The molecule has 0 radical (unpaired) electrons. The largest absolute Gasteiger partial charge is 0.314 e. The van der Waals surface area contributed by atoms with Crippen LogP contribution in [0.5, 0.6) is 0 Å². The van der Waals surface area contributed by atoms with E-state index in [9.17, 15) is 5.21 Å². The highest BCUT2D eigenvalue weighted by Crippen LogP contribution is 2.37. The summed E-state index contributed by atoms with van der Waals surface area (Å²) in [7, 11) is 1.79. The Morgan fingerprint density at radius 2 is 1.78 bits per heavy atom. The lowest BCUT2D eigenvalue weighted by Crippen LogP contribution is -2.48. The fraction of sp³-hybridized carbons (Fsp3) is 0.600. The quantitative estimate of drug-likeness (QED) is 0.830. The van der Waals surface area contributed by atoms with Crippen molar-refractivity contribution in [3.8, 4) is 0 Å². The van der Waals surface area contributed by atoms with Crippen LogP contribution in [0.2, 0.25) is 0 Å². The van der Waals surface area contributed by atoms with Gasteiger partial charge in [-0.3, -0.25) is 4.90 Å². The van der Waals surface area contributed by atoms with Gasteiger partial charge in [0.1, 0.15) is 0 Å². The number of fused-ring (bicyclic) bond motifs is 2. The summed E-state index contributed by atoms with van der Waals surface area (Å²) in [5.41, 5.74) is 1.41. The van der Waals surface area contributed by atoms with Crippen molar-refractivity contribution in [1.82, 2.24) is 9.96 Å². The van der Waals surface area contributed by atoms with Crippen LogP contribution < -0.4 is 0 Å². The topological polar surface area (TPSA) is 26.7 Å². The van der Waals surface area contributed by atoms with E-state index in [0.29, 0.717) is 18.1 Å². The molecule has 2 fully saturated rings. The summed E-state index contributed by atoms with van der Waals surface area (Å²) in [6.07, 6.45) is 4.80. The molecular weight excluding hydrogens is 224 g/mol. The van der Waals surface area contributed by atoms with Crippen LogP contribution in [0.3, 0.4) is 0 Å². The van der Waals surface area contributed by atoms with Crippen molar-refractivity contribution in [2.24, 2.45) is 0 Å². The van der Waals surface area contributed by atoms with Gasteiger partial charge in [-0.15, -0.1) is 0 Å². The van der Waals surface area contributed by atoms with Crippen LogP contribution in [-0.4, -0.2) is 40.3 Å². The van der Waals surface area contributed by atoms with Crippen molar-refractivity contribution < 1.29 is 5.21 Å². The van der Waals surface area contributed by atoms with Gasteiger partial charge in [-0.25, -0.2) is 0 Å². The Labute approximate surface area is 109 Å². The van der Waals surface area contributed by atoms with Gasteiger partial charge in [0, 0.05) is 31.7 Å². The van der Waals surface area contributed by atoms with E-state index in [0.717, 1.165) is 19.4 Å². The van der Waals surface area contributed by atoms with Crippen LogP contribution in [0, 0.1) is 0 Å². The van der Waals surface area contributed by atoms with Crippen LogP contribution in [-0.2, 0) is 6.54 Å². The Morgan fingerprint density at radius 3 is 2.33 bits per heavy atom. The lowest BCUT2D eigenvalue weighted by atomic mass is 9.96. The maximum Gasteiger partial charge on any atom is 0.0376 e. The van der Waals surface area contributed by atoms with Crippen molar-refractivity contribution in [2.45, 2.75) is 50.4 Å². The van der Waals surface area contributed by atoms with Gasteiger partial charge in [0.05, 0.1) is 0 Å². The number of benzene rings is 1. The third-order valence-corrected chi connectivity index (χ3v) is 4.60. The number of hydroxylamine groups is 2. The predicted molar refractivity (Wildman–Crippen MR) is 71.4 cm³/mol. The molecule has 1 aromatic rings. The standard InChI is InChI=1S/C15H22N2O/c1-16(18)15-9-13-7-8-14(10-15)17(13)11-12-5-3-2-4-6-12/h2-6,13-15,18H,7-11H2,1H3.